The van der Waals surface area contributed by atoms with Crippen LogP contribution in [0.5, 0.6) is 5.75 Å². The van der Waals surface area contributed by atoms with Crippen LogP contribution in [0.2, 0.25) is 0 Å². The number of nitrogens with one attached hydrogen (secondary N) is 2. The molecule has 21 heavy (non-hydrogen) atoms. The second-order valence-electron chi connectivity index (χ2n) is 5.23. The zero-order valence-corrected chi connectivity index (χ0v) is 12.7. The molecule has 0 saturated heterocycles. The molecular weight excluding hydrogens is 264 g/mol. The predicted molar refractivity (Wildman–Crippen MR) is 84.7 cm³/mol. The monoisotopic (exact) mass is 288 g/mol. The van der Waals surface area contributed by atoms with Gasteiger partial charge in [-0.3, -0.25) is 4.79 Å². The van der Waals surface area contributed by atoms with E-state index in [1.807, 2.05) is 24.3 Å². The maximum Gasteiger partial charge on any atom is 0.251 e. The first-order valence-electron chi connectivity index (χ1n) is 7.69. The van der Waals surface area contributed by atoms with Gasteiger partial charge in [0.1, 0.15) is 5.75 Å². The number of unbranched alkanes of at least 4 members (excludes halogenated alkanes) is 1. The van der Waals surface area contributed by atoms with Crippen LogP contribution in [-0.2, 0) is 0 Å². The number of hydrogen-bond acceptors (Lipinski definition) is 3. The Hall–Kier alpha value is -1.81. The zero-order chi connectivity index (χ0) is 14.9. The molecular formula is C17H24N2O2. The van der Waals surface area contributed by atoms with Crippen molar-refractivity contribution in [3.63, 3.8) is 0 Å². The highest BCUT2D eigenvalue weighted by molar-refractivity contribution is 5.94. The van der Waals surface area contributed by atoms with Crippen molar-refractivity contribution in [3.8, 4) is 5.75 Å². The quantitative estimate of drug-likeness (QED) is 0.599. The van der Waals surface area contributed by atoms with Gasteiger partial charge in [-0.2, -0.15) is 0 Å². The van der Waals surface area contributed by atoms with Crippen molar-refractivity contribution in [1.29, 1.82) is 0 Å². The van der Waals surface area contributed by atoms with E-state index in [-0.39, 0.29) is 5.91 Å². The minimum atomic E-state index is -0.0328. The molecule has 0 atom stereocenters. The summed E-state index contributed by atoms with van der Waals surface area (Å²) in [6.07, 6.45) is 5.32. The molecule has 0 bridgehead atoms. The van der Waals surface area contributed by atoms with Gasteiger partial charge >= 0.3 is 0 Å². The van der Waals surface area contributed by atoms with Crippen molar-refractivity contribution in [2.24, 2.45) is 0 Å². The highest BCUT2D eigenvalue weighted by Crippen LogP contribution is 2.13. The van der Waals surface area contributed by atoms with Crippen molar-refractivity contribution in [2.45, 2.75) is 26.2 Å². The molecule has 1 amide bonds. The van der Waals surface area contributed by atoms with Crippen LogP contribution in [0.4, 0.5) is 0 Å². The number of rotatable bonds is 7. The Balaban J connectivity index is 1.80. The molecule has 1 heterocycles. The summed E-state index contributed by atoms with van der Waals surface area (Å²) in [5, 5.41) is 6.22. The van der Waals surface area contributed by atoms with E-state index in [0.29, 0.717) is 12.1 Å². The maximum atomic E-state index is 12.1. The smallest absolute Gasteiger partial charge is 0.251 e. The largest absolute Gasteiger partial charge is 0.494 e. The normalized spacial score (nSPS) is 14.4. The average molecular weight is 288 g/mol. The third kappa shape index (κ3) is 5.23. The Morgan fingerprint density at radius 2 is 2.14 bits per heavy atom. The molecule has 2 N–H and O–H groups in total. The molecule has 1 aliphatic heterocycles. The molecule has 2 rings (SSSR count). The van der Waals surface area contributed by atoms with Gasteiger partial charge in [0, 0.05) is 18.7 Å². The summed E-state index contributed by atoms with van der Waals surface area (Å²) in [5.41, 5.74) is 1.97. The maximum absolute atomic E-state index is 12.1. The molecule has 0 aromatic heterocycles. The first kappa shape index (κ1) is 15.6. The first-order chi connectivity index (χ1) is 10.3. The van der Waals surface area contributed by atoms with Crippen molar-refractivity contribution in [3.05, 3.63) is 41.5 Å². The molecule has 1 aliphatic rings. The highest BCUT2D eigenvalue weighted by atomic mass is 16.5. The third-order valence-corrected chi connectivity index (χ3v) is 3.52. The summed E-state index contributed by atoms with van der Waals surface area (Å²) in [6, 6.07) is 7.34. The Morgan fingerprint density at radius 3 is 2.81 bits per heavy atom. The van der Waals surface area contributed by atoms with E-state index in [9.17, 15) is 4.79 Å². The molecule has 0 radical (unpaired) electrons. The number of carbonyl (C=O) groups is 1. The van der Waals surface area contributed by atoms with Gasteiger partial charge in [-0.05, 0) is 43.7 Å². The van der Waals surface area contributed by atoms with Crippen LogP contribution < -0.4 is 15.4 Å². The predicted octanol–water partition coefficient (Wildman–Crippen LogP) is 2.52. The first-order valence-corrected chi connectivity index (χ1v) is 7.69. The van der Waals surface area contributed by atoms with Gasteiger partial charge in [0.25, 0.3) is 5.91 Å². The van der Waals surface area contributed by atoms with Crippen LogP contribution in [-0.4, -0.2) is 32.1 Å². The lowest BCUT2D eigenvalue weighted by Crippen LogP contribution is -2.29. The van der Waals surface area contributed by atoms with Gasteiger partial charge in [0.15, 0.2) is 0 Å². The Labute approximate surface area is 126 Å². The summed E-state index contributed by atoms with van der Waals surface area (Å²) >= 11 is 0. The molecule has 0 aliphatic carbocycles. The van der Waals surface area contributed by atoms with E-state index < -0.39 is 0 Å². The fourth-order valence-electron chi connectivity index (χ4n) is 2.16. The Morgan fingerprint density at radius 1 is 1.33 bits per heavy atom. The van der Waals surface area contributed by atoms with E-state index >= 15 is 0 Å². The van der Waals surface area contributed by atoms with Crippen molar-refractivity contribution in [1.82, 2.24) is 10.6 Å². The summed E-state index contributed by atoms with van der Waals surface area (Å²) in [4.78, 5) is 12.1. The SMILES string of the molecule is CCCCOc1ccc(C(=O)NCC2=CCNCC2)cc1. The lowest BCUT2D eigenvalue weighted by molar-refractivity contribution is 0.0956. The van der Waals surface area contributed by atoms with Crippen LogP contribution in [0, 0.1) is 0 Å². The van der Waals surface area contributed by atoms with Crippen LogP contribution in [0.25, 0.3) is 0 Å². The van der Waals surface area contributed by atoms with Crippen LogP contribution in [0.15, 0.2) is 35.9 Å². The molecule has 4 heteroatoms. The minimum absolute atomic E-state index is 0.0328. The van der Waals surface area contributed by atoms with Crippen molar-refractivity contribution >= 4 is 5.91 Å². The van der Waals surface area contributed by atoms with E-state index in [4.69, 9.17) is 4.74 Å². The number of carbonyl (C=O) groups excluding carboxylic acids is 1. The van der Waals surface area contributed by atoms with Gasteiger partial charge < -0.3 is 15.4 Å². The zero-order valence-electron chi connectivity index (χ0n) is 12.7. The Bertz CT molecular complexity index is 480. The summed E-state index contributed by atoms with van der Waals surface area (Å²) in [5.74, 6) is 0.788. The average Bonchev–Trinajstić information content (AvgIpc) is 2.54. The highest BCUT2D eigenvalue weighted by Gasteiger charge is 2.08. The summed E-state index contributed by atoms with van der Waals surface area (Å²) < 4.78 is 5.59. The second-order valence-corrected chi connectivity index (χ2v) is 5.23. The number of ether oxygens (including phenoxy) is 1. The Kier molecular flexibility index (Phi) is 6.28. The number of amides is 1. The van der Waals surface area contributed by atoms with E-state index in [2.05, 4.69) is 23.6 Å². The second kappa shape index (κ2) is 8.47. The molecule has 114 valence electrons. The molecule has 0 fully saturated rings. The number of hydrogen-bond donors (Lipinski definition) is 2. The molecule has 1 aromatic carbocycles. The lowest BCUT2D eigenvalue weighted by Gasteiger charge is -2.14. The van der Waals surface area contributed by atoms with E-state index in [0.717, 1.165) is 44.7 Å². The van der Waals surface area contributed by atoms with Gasteiger partial charge in [-0.15, -0.1) is 0 Å². The number of benzene rings is 1. The van der Waals surface area contributed by atoms with Crippen LogP contribution in [0.3, 0.4) is 0 Å². The van der Waals surface area contributed by atoms with E-state index in [1.54, 1.807) is 0 Å². The molecule has 1 aromatic rings. The van der Waals surface area contributed by atoms with Gasteiger partial charge in [-0.1, -0.05) is 25.0 Å². The fourth-order valence-corrected chi connectivity index (χ4v) is 2.16. The molecule has 0 saturated carbocycles. The van der Waals surface area contributed by atoms with E-state index in [1.165, 1.54) is 5.57 Å². The molecule has 0 spiro atoms. The lowest BCUT2D eigenvalue weighted by atomic mass is 10.1. The van der Waals surface area contributed by atoms with Crippen LogP contribution in [0.1, 0.15) is 36.5 Å². The summed E-state index contributed by atoms with van der Waals surface area (Å²) in [6.45, 7) is 5.38. The van der Waals surface area contributed by atoms with Crippen LogP contribution >= 0.6 is 0 Å². The van der Waals surface area contributed by atoms with Gasteiger partial charge in [0.2, 0.25) is 0 Å². The third-order valence-electron chi connectivity index (χ3n) is 3.52. The minimum Gasteiger partial charge on any atom is -0.494 e. The standard InChI is InChI=1S/C17H24N2O2/c1-2-3-12-21-16-6-4-15(5-7-16)17(20)19-13-14-8-10-18-11-9-14/h4-8,18H,2-3,9-13H2,1H3,(H,19,20). The van der Waals surface area contributed by atoms with Gasteiger partial charge in [0.05, 0.1) is 6.61 Å². The molecule has 0 unspecified atom stereocenters. The fraction of sp³-hybridized carbons (Fsp3) is 0.471. The molecule has 4 nitrogen and oxygen atoms in total. The van der Waals surface area contributed by atoms with Crippen molar-refractivity contribution < 1.29 is 9.53 Å². The van der Waals surface area contributed by atoms with Gasteiger partial charge in [-0.25, -0.2) is 0 Å². The topological polar surface area (TPSA) is 50.4 Å². The summed E-state index contributed by atoms with van der Waals surface area (Å²) in [7, 11) is 0. The van der Waals surface area contributed by atoms with Crippen molar-refractivity contribution in [2.75, 3.05) is 26.2 Å².